The lowest BCUT2D eigenvalue weighted by molar-refractivity contribution is 0.124. The number of aromatic nitrogens is 1. The Kier molecular flexibility index (Phi) is 3.64. The van der Waals surface area contributed by atoms with Gasteiger partial charge in [-0.05, 0) is 67.6 Å². The Balaban J connectivity index is 1.64. The second kappa shape index (κ2) is 5.43. The van der Waals surface area contributed by atoms with Gasteiger partial charge in [-0.25, -0.2) is 4.79 Å². The summed E-state index contributed by atoms with van der Waals surface area (Å²) in [6.45, 7) is 3.57. The second-order valence-corrected chi connectivity index (χ2v) is 6.20. The molecule has 1 N–H and O–H groups in total. The Morgan fingerprint density at radius 2 is 2.00 bits per heavy atom. The van der Waals surface area contributed by atoms with E-state index in [1.807, 2.05) is 12.4 Å². The fourth-order valence-corrected chi connectivity index (χ4v) is 3.24. The number of hydrogen-bond acceptors (Lipinski definition) is 2. The Bertz CT molecular complexity index is 503. The number of rotatable bonds is 3. The van der Waals surface area contributed by atoms with E-state index in [2.05, 4.69) is 11.9 Å². The Morgan fingerprint density at radius 3 is 2.60 bits per heavy atom. The van der Waals surface area contributed by atoms with Crippen LogP contribution in [0.1, 0.15) is 48.3 Å². The van der Waals surface area contributed by atoms with Gasteiger partial charge in [0.2, 0.25) is 0 Å². The molecule has 1 saturated heterocycles. The van der Waals surface area contributed by atoms with Gasteiger partial charge in [0.05, 0.1) is 0 Å². The average Bonchev–Trinajstić information content (AvgIpc) is 3.26. The largest absolute Gasteiger partial charge is 0.465 e. The first-order valence-electron chi connectivity index (χ1n) is 7.56. The summed E-state index contributed by atoms with van der Waals surface area (Å²) < 4.78 is 0. The molecule has 4 nitrogen and oxygen atoms in total. The Labute approximate surface area is 119 Å². The van der Waals surface area contributed by atoms with Crippen molar-refractivity contribution in [2.45, 2.75) is 44.9 Å². The van der Waals surface area contributed by atoms with E-state index >= 15 is 0 Å². The molecule has 1 aromatic heterocycles. The molecule has 2 aliphatic rings. The third-order valence-corrected chi connectivity index (χ3v) is 4.77. The van der Waals surface area contributed by atoms with Crippen LogP contribution in [0.25, 0.3) is 0 Å². The van der Waals surface area contributed by atoms with Crippen LogP contribution >= 0.6 is 0 Å². The first-order chi connectivity index (χ1) is 9.65. The first kappa shape index (κ1) is 13.4. The van der Waals surface area contributed by atoms with Gasteiger partial charge in [-0.1, -0.05) is 0 Å². The molecule has 1 amide bonds. The quantitative estimate of drug-likeness (QED) is 0.921. The molecule has 0 spiro atoms. The Hall–Kier alpha value is -1.58. The highest BCUT2D eigenvalue weighted by Gasteiger charge is 2.27. The van der Waals surface area contributed by atoms with Gasteiger partial charge in [0.25, 0.3) is 0 Å². The summed E-state index contributed by atoms with van der Waals surface area (Å²) in [5, 5.41) is 8.98. The lowest BCUT2D eigenvalue weighted by Gasteiger charge is -2.30. The highest BCUT2D eigenvalue weighted by Crippen LogP contribution is 2.42. The molecule has 0 atom stereocenters. The van der Waals surface area contributed by atoms with Crippen molar-refractivity contribution >= 4 is 6.09 Å². The van der Waals surface area contributed by atoms with E-state index in [0.717, 1.165) is 25.2 Å². The second-order valence-electron chi connectivity index (χ2n) is 6.20. The zero-order chi connectivity index (χ0) is 14.1. The van der Waals surface area contributed by atoms with Crippen molar-refractivity contribution in [3.63, 3.8) is 0 Å². The molecule has 4 heteroatoms. The van der Waals surface area contributed by atoms with Crippen LogP contribution in [-0.2, 0) is 6.42 Å². The van der Waals surface area contributed by atoms with Gasteiger partial charge in [0.1, 0.15) is 0 Å². The Morgan fingerprint density at radius 1 is 1.30 bits per heavy atom. The molecule has 0 radical (unpaired) electrons. The summed E-state index contributed by atoms with van der Waals surface area (Å²) in [6.07, 6.45) is 8.86. The standard InChI is InChI=1S/C16H22N2O2/c1-11-14(9-17-10-15(11)13-2-3-13)8-12-4-6-18(7-5-12)16(19)20/h9-10,12-13H,2-8H2,1H3,(H,19,20). The van der Waals surface area contributed by atoms with Gasteiger partial charge in [-0.2, -0.15) is 0 Å². The summed E-state index contributed by atoms with van der Waals surface area (Å²) in [5.74, 6) is 1.34. The van der Waals surface area contributed by atoms with Gasteiger partial charge in [0, 0.05) is 25.5 Å². The van der Waals surface area contributed by atoms with Crippen molar-refractivity contribution in [3.05, 3.63) is 29.1 Å². The minimum atomic E-state index is -0.781. The number of carboxylic acid groups (broad SMARTS) is 1. The number of piperidine rings is 1. The molecule has 2 heterocycles. The fourth-order valence-electron chi connectivity index (χ4n) is 3.24. The summed E-state index contributed by atoms with van der Waals surface area (Å²) >= 11 is 0. The molecule has 1 aromatic rings. The van der Waals surface area contributed by atoms with Crippen LogP contribution in [0.2, 0.25) is 0 Å². The van der Waals surface area contributed by atoms with Gasteiger partial charge < -0.3 is 10.0 Å². The van der Waals surface area contributed by atoms with Crippen molar-refractivity contribution in [1.29, 1.82) is 0 Å². The van der Waals surface area contributed by atoms with Crippen LogP contribution < -0.4 is 0 Å². The number of amides is 1. The smallest absolute Gasteiger partial charge is 0.407 e. The van der Waals surface area contributed by atoms with Crippen molar-refractivity contribution in [2.75, 3.05) is 13.1 Å². The van der Waals surface area contributed by atoms with Crippen LogP contribution in [0.3, 0.4) is 0 Å². The third-order valence-electron chi connectivity index (χ3n) is 4.77. The maximum atomic E-state index is 10.9. The van der Waals surface area contributed by atoms with Gasteiger partial charge >= 0.3 is 6.09 Å². The first-order valence-corrected chi connectivity index (χ1v) is 7.56. The SMILES string of the molecule is Cc1c(CC2CCN(C(=O)O)CC2)cncc1C1CC1. The van der Waals surface area contributed by atoms with E-state index < -0.39 is 6.09 Å². The van der Waals surface area contributed by atoms with E-state index in [9.17, 15) is 4.79 Å². The molecule has 1 aliphatic carbocycles. The number of likely N-dealkylation sites (tertiary alicyclic amines) is 1. The van der Waals surface area contributed by atoms with E-state index in [0.29, 0.717) is 19.0 Å². The zero-order valence-corrected chi connectivity index (χ0v) is 12.0. The molecular weight excluding hydrogens is 252 g/mol. The van der Waals surface area contributed by atoms with Crippen LogP contribution in [0, 0.1) is 12.8 Å². The molecule has 108 valence electrons. The van der Waals surface area contributed by atoms with Crippen LogP contribution in [0.15, 0.2) is 12.4 Å². The monoisotopic (exact) mass is 274 g/mol. The molecular formula is C16H22N2O2. The maximum Gasteiger partial charge on any atom is 0.407 e. The summed E-state index contributed by atoms with van der Waals surface area (Å²) in [4.78, 5) is 16.9. The highest BCUT2D eigenvalue weighted by atomic mass is 16.4. The highest BCUT2D eigenvalue weighted by molar-refractivity contribution is 5.64. The van der Waals surface area contributed by atoms with E-state index in [-0.39, 0.29) is 0 Å². The van der Waals surface area contributed by atoms with E-state index in [1.165, 1.54) is 34.4 Å². The van der Waals surface area contributed by atoms with Gasteiger partial charge in [-0.15, -0.1) is 0 Å². The summed E-state index contributed by atoms with van der Waals surface area (Å²) in [7, 11) is 0. The number of carbonyl (C=O) groups is 1. The van der Waals surface area contributed by atoms with Crippen molar-refractivity contribution in [3.8, 4) is 0 Å². The zero-order valence-electron chi connectivity index (χ0n) is 12.0. The maximum absolute atomic E-state index is 10.9. The predicted octanol–water partition coefficient (Wildman–Crippen LogP) is 3.20. The van der Waals surface area contributed by atoms with Crippen LogP contribution in [0.4, 0.5) is 4.79 Å². The van der Waals surface area contributed by atoms with Gasteiger partial charge in [0.15, 0.2) is 0 Å². The molecule has 20 heavy (non-hydrogen) atoms. The minimum Gasteiger partial charge on any atom is -0.465 e. The minimum absolute atomic E-state index is 0.598. The van der Waals surface area contributed by atoms with Crippen molar-refractivity contribution in [2.24, 2.45) is 5.92 Å². The fraction of sp³-hybridized carbons (Fsp3) is 0.625. The molecule has 1 saturated carbocycles. The third kappa shape index (κ3) is 2.79. The summed E-state index contributed by atoms with van der Waals surface area (Å²) in [6, 6.07) is 0. The lowest BCUT2D eigenvalue weighted by atomic mass is 9.88. The number of hydrogen-bond donors (Lipinski definition) is 1. The summed E-state index contributed by atoms with van der Waals surface area (Å²) in [5.41, 5.74) is 4.22. The van der Waals surface area contributed by atoms with Gasteiger partial charge in [-0.3, -0.25) is 4.98 Å². The molecule has 3 rings (SSSR count). The molecule has 0 bridgehead atoms. The predicted molar refractivity (Wildman–Crippen MR) is 77.0 cm³/mol. The van der Waals surface area contributed by atoms with Crippen LogP contribution in [0.5, 0.6) is 0 Å². The number of pyridine rings is 1. The molecule has 1 aliphatic heterocycles. The number of nitrogens with zero attached hydrogens (tertiary/aromatic N) is 2. The lowest BCUT2D eigenvalue weighted by Crippen LogP contribution is -2.37. The molecule has 0 unspecified atom stereocenters. The molecule has 2 fully saturated rings. The van der Waals surface area contributed by atoms with E-state index in [1.54, 1.807) is 0 Å². The average molecular weight is 274 g/mol. The van der Waals surface area contributed by atoms with E-state index in [4.69, 9.17) is 5.11 Å². The molecule has 0 aromatic carbocycles. The topological polar surface area (TPSA) is 53.4 Å². The normalized spacial score (nSPS) is 20.1. The van der Waals surface area contributed by atoms with Crippen molar-refractivity contribution in [1.82, 2.24) is 9.88 Å². The van der Waals surface area contributed by atoms with Crippen LogP contribution in [-0.4, -0.2) is 34.2 Å². The van der Waals surface area contributed by atoms with Crippen molar-refractivity contribution < 1.29 is 9.90 Å².